The Labute approximate surface area is 120 Å². The molecule has 0 amide bonds. The molecule has 3 heteroatoms. The summed E-state index contributed by atoms with van der Waals surface area (Å²) in [5, 5.41) is 0. The fraction of sp³-hybridized carbons (Fsp3) is 0.412. The summed E-state index contributed by atoms with van der Waals surface area (Å²) in [7, 11) is 0. The van der Waals surface area contributed by atoms with E-state index < -0.39 is 0 Å². The third kappa shape index (κ3) is 2.22. The normalized spacial score (nSPS) is 17.9. The van der Waals surface area contributed by atoms with Crippen LogP contribution in [0.25, 0.3) is 11.4 Å². The van der Waals surface area contributed by atoms with Crippen molar-refractivity contribution in [1.82, 2.24) is 9.97 Å². The molecule has 0 spiro atoms. The summed E-state index contributed by atoms with van der Waals surface area (Å²) in [6.45, 7) is 6.39. The molecule has 1 aromatic carbocycles. The molecular formula is C17H21N3. The minimum atomic E-state index is 0.105. The van der Waals surface area contributed by atoms with Gasteiger partial charge < -0.3 is 5.73 Å². The van der Waals surface area contributed by atoms with E-state index >= 15 is 0 Å². The quantitative estimate of drug-likeness (QED) is 0.861. The predicted octanol–water partition coefficient (Wildman–Crippen LogP) is 3.40. The van der Waals surface area contributed by atoms with Gasteiger partial charge in [-0.3, -0.25) is 0 Å². The molecule has 1 atom stereocenters. The lowest BCUT2D eigenvalue weighted by atomic mass is 9.92. The van der Waals surface area contributed by atoms with Gasteiger partial charge in [0.05, 0.1) is 0 Å². The SMILES string of the molecule is Cc1cc(C)c(-c2ncc3c(n2)CCCC3N)cc1C. The maximum atomic E-state index is 6.13. The number of aryl methyl sites for hydroxylation is 4. The van der Waals surface area contributed by atoms with Crippen LogP contribution in [-0.2, 0) is 6.42 Å². The van der Waals surface area contributed by atoms with Gasteiger partial charge in [0.15, 0.2) is 5.82 Å². The van der Waals surface area contributed by atoms with Crippen molar-refractivity contribution in [1.29, 1.82) is 0 Å². The molecule has 20 heavy (non-hydrogen) atoms. The molecule has 0 radical (unpaired) electrons. The van der Waals surface area contributed by atoms with Crippen LogP contribution in [0.1, 0.15) is 46.8 Å². The summed E-state index contributed by atoms with van der Waals surface area (Å²) in [5.74, 6) is 0.832. The van der Waals surface area contributed by atoms with Crippen molar-refractivity contribution in [3.63, 3.8) is 0 Å². The first-order valence-corrected chi connectivity index (χ1v) is 7.26. The van der Waals surface area contributed by atoms with Gasteiger partial charge in [-0.05, 0) is 62.8 Å². The van der Waals surface area contributed by atoms with Crippen LogP contribution in [0.3, 0.4) is 0 Å². The van der Waals surface area contributed by atoms with Crippen molar-refractivity contribution in [3.05, 3.63) is 46.3 Å². The zero-order valence-corrected chi connectivity index (χ0v) is 12.4. The van der Waals surface area contributed by atoms with E-state index in [1.807, 2.05) is 6.20 Å². The summed E-state index contributed by atoms with van der Waals surface area (Å²) in [5.41, 5.74) is 13.3. The van der Waals surface area contributed by atoms with Gasteiger partial charge in [0, 0.05) is 29.1 Å². The topological polar surface area (TPSA) is 51.8 Å². The first kappa shape index (κ1) is 13.3. The van der Waals surface area contributed by atoms with E-state index in [1.165, 1.54) is 16.7 Å². The van der Waals surface area contributed by atoms with Gasteiger partial charge in [-0.2, -0.15) is 0 Å². The summed E-state index contributed by atoms with van der Waals surface area (Å²) >= 11 is 0. The summed E-state index contributed by atoms with van der Waals surface area (Å²) in [6.07, 6.45) is 5.10. The van der Waals surface area contributed by atoms with Crippen molar-refractivity contribution >= 4 is 0 Å². The molecule has 1 unspecified atom stereocenters. The lowest BCUT2D eigenvalue weighted by molar-refractivity contribution is 0.557. The smallest absolute Gasteiger partial charge is 0.159 e. The monoisotopic (exact) mass is 267 g/mol. The Balaban J connectivity index is 2.10. The zero-order valence-electron chi connectivity index (χ0n) is 12.4. The standard InChI is InChI=1S/C17H21N3/c1-10-7-12(3)13(8-11(10)2)17-19-9-14-15(18)5-4-6-16(14)20-17/h7-9,15H,4-6,18H2,1-3H3. The predicted molar refractivity (Wildman–Crippen MR) is 81.5 cm³/mol. The highest BCUT2D eigenvalue weighted by molar-refractivity contribution is 5.62. The third-order valence-corrected chi connectivity index (χ3v) is 4.31. The Morgan fingerprint density at radius 2 is 1.85 bits per heavy atom. The van der Waals surface area contributed by atoms with Crippen LogP contribution < -0.4 is 5.73 Å². The van der Waals surface area contributed by atoms with Crippen LogP contribution in [0.15, 0.2) is 18.3 Å². The largest absolute Gasteiger partial charge is 0.324 e. The van der Waals surface area contributed by atoms with E-state index in [-0.39, 0.29) is 6.04 Å². The van der Waals surface area contributed by atoms with Crippen molar-refractivity contribution in [2.24, 2.45) is 5.73 Å². The molecule has 104 valence electrons. The molecule has 1 heterocycles. The Kier molecular flexibility index (Phi) is 3.30. The molecule has 0 bridgehead atoms. The molecule has 1 aliphatic carbocycles. The molecule has 0 saturated heterocycles. The van der Waals surface area contributed by atoms with Gasteiger partial charge in [-0.1, -0.05) is 6.07 Å². The van der Waals surface area contributed by atoms with E-state index in [2.05, 4.69) is 37.9 Å². The Bertz CT molecular complexity index is 662. The van der Waals surface area contributed by atoms with Crippen LogP contribution >= 0.6 is 0 Å². The van der Waals surface area contributed by atoms with Gasteiger partial charge in [0.2, 0.25) is 0 Å². The summed E-state index contributed by atoms with van der Waals surface area (Å²) in [6, 6.07) is 4.50. The van der Waals surface area contributed by atoms with Crippen LogP contribution in [0.4, 0.5) is 0 Å². The maximum Gasteiger partial charge on any atom is 0.159 e. The highest BCUT2D eigenvalue weighted by Crippen LogP contribution is 2.29. The molecular weight excluding hydrogens is 246 g/mol. The minimum absolute atomic E-state index is 0.105. The van der Waals surface area contributed by atoms with Crippen molar-refractivity contribution in [3.8, 4) is 11.4 Å². The second-order valence-corrected chi connectivity index (χ2v) is 5.85. The number of fused-ring (bicyclic) bond motifs is 1. The molecule has 3 nitrogen and oxygen atoms in total. The first-order chi connectivity index (χ1) is 9.56. The fourth-order valence-corrected chi connectivity index (χ4v) is 2.91. The lowest BCUT2D eigenvalue weighted by Gasteiger charge is -2.21. The van der Waals surface area contributed by atoms with Crippen molar-refractivity contribution in [2.75, 3.05) is 0 Å². The Morgan fingerprint density at radius 1 is 1.10 bits per heavy atom. The molecule has 1 aromatic heterocycles. The number of hydrogen-bond donors (Lipinski definition) is 1. The average molecular weight is 267 g/mol. The molecule has 2 N–H and O–H groups in total. The molecule has 0 aliphatic heterocycles. The number of aromatic nitrogens is 2. The van der Waals surface area contributed by atoms with Crippen LogP contribution in [-0.4, -0.2) is 9.97 Å². The van der Waals surface area contributed by atoms with Crippen molar-refractivity contribution in [2.45, 2.75) is 46.1 Å². The molecule has 0 saturated carbocycles. The molecule has 0 fully saturated rings. The van der Waals surface area contributed by atoms with Gasteiger partial charge in [0.25, 0.3) is 0 Å². The van der Waals surface area contributed by atoms with Crippen molar-refractivity contribution < 1.29 is 0 Å². The number of nitrogens with two attached hydrogens (primary N) is 1. The zero-order chi connectivity index (χ0) is 14.3. The van der Waals surface area contributed by atoms with E-state index in [0.717, 1.165) is 41.9 Å². The number of hydrogen-bond acceptors (Lipinski definition) is 3. The first-order valence-electron chi connectivity index (χ1n) is 7.26. The second-order valence-electron chi connectivity index (χ2n) is 5.85. The summed E-state index contributed by atoms with van der Waals surface area (Å²) < 4.78 is 0. The fourth-order valence-electron chi connectivity index (χ4n) is 2.91. The van der Waals surface area contributed by atoms with Gasteiger partial charge in [0.1, 0.15) is 0 Å². The number of rotatable bonds is 1. The van der Waals surface area contributed by atoms with E-state index in [9.17, 15) is 0 Å². The second kappa shape index (κ2) is 4.98. The van der Waals surface area contributed by atoms with E-state index in [0.29, 0.717) is 0 Å². The van der Waals surface area contributed by atoms with Crippen LogP contribution in [0.5, 0.6) is 0 Å². The Morgan fingerprint density at radius 3 is 2.65 bits per heavy atom. The molecule has 3 rings (SSSR count). The number of benzene rings is 1. The lowest BCUT2D eigenvalue weighted by Crippen LogP contribution is -2.19. The third-order valence-electron chi connectivity index (χ3n) is 4.31. The van der Waals surface area contributed by atoms with Gasteiger partial charge in [-0.25, -0.2) is 9.97 Å². The molecule has 2 aromatic rings. The van der Waals surface area contributed by atoms with Gasteiger partial charge >= 0.3 is 0 Å². The minimum Gasteiger partial charge on any atom is -0.324 e. The average Bonchev–Trinajstić information content (AvgIpc) is 2.43. The van der Waals surface area contributed by atoms with Gasteiger partial charge in [-0.15, -0.1) is 0 Å². The summed E-state index contributed by atoms with van der Waals surface area (Å²) in [4.78, 5) is 9.33. The Hall–Kier alpha value is -1.74. The molecule has 1 aliphatic rings. The maximum absolute atomic E-state index is 6.13. The van der Waals surface area contributed by atoms with E-state index in [1.54, 1.807) is 0 Å². The van der Waals surface area contributed by atoms with Crippen LogP contribution in [0, 0.1) is 20.8 Å². The number of nitrogens with zero attached hydrogens (tertiary/aromatic N) is 2. The van der Waals surface area contributed by atoms with Crippen LogP contribution in [0.2, 0.25) is 0 Å². The highest BCUT2D eigenvalue weighted by atomic mass is 14.9. The highest BCUT2D eigenvalue weighted by Gasteiger charge is 2.19. The van der Waals surface area contributed by atoms with E-state index in [4.69, 9.17) is 10.7 Å².